The second kappa shape index (κ2) is 20.1. The van der Waals surface area contributed by atoms with Gasteiger partial charge in [-0.15, -0.1) is 0 Å². The number of carboxylic acid groups (broad SMARTS) is 1. The first-order chi connectivity index (χ1) is 25.0. The summed E-state index contributed by atoms with van der Waals surface area (Å²) in [5, 5.41) is 9.35. The molecule has 16 heteroatoms. The first kappa shape index (κ1) is 43.6. The van der Waals surface area contributed by atoms with Crippen LogP contribution in [0.25, 0.3) is 11.4 Å². The van der Waals surface area contributed by atoms with Crippen LogP contribution in [-0.2, 0) is 27.3 Å². The first-order valence-corrected chi connectivity index (χ1v) is 17.4. The standard InChI is InChI=1S/C20H24N2O5.C18H20N2O5.Li.H2O/c1-3-27-19(24)17-13-21(12-15-8-10-26-11-9-15)20(25)22(18(17)23)16-6-4-14(2)5-7-16;1-12-2-4-14(5-3-12)20-16(21)15(17(22)23)11-19(18(20)24)10-13-6-8-25-9-7-13;;/h4-7,13,15H,3,8-12H2,1-2H3;2-5,11,13H,6-10H2,1H3,(H,22,23);;1H2/q;;+1;/p-1. The molecule has 2 aliphatic rings. The molecule has 2 aromatic carbocycles. The van der Waals surface area contributed by atoms with Crippen molar-refractivity contribution in [3.63, 3.8) is 0 Å². The van der Waals surface area contributed by atoms with Gasteiger partial charge < -0.3 is 24.8 Å². The molecule has 0 spiro atoms. The third-order valence-electron chi connectivity index (χ3n) is 9.21. The van der Waals surface area contributed by atoms with Gasteiger partial charge in [0.15, 0.2) is 0 Å². The van der Waals surface area contributed by atoms with E-state index in [9.17, 15) is 33.9 Å². The number of hydrogen-bond donors (Lipinski definition) is 1. The molecule has 2 aliphatic heterocycles. The van der Waals surface area contributed by atoms with Crippen molar-refractivity contribution in [3.8, 4) is 11.4 Å². The normalized spacial score (nSPS) is 14.5. The van der Waals surface area contributed by atoms with E-state index in [1.54, 1.807) is 43.3 Å². The van der Waals surface area contributed by atoms with Crippen LogP contribution in [0.1, 0.15) is 64.4 Å². The van der Waals surface area contributed by atoms with Gasteiger partial charge in [0.1, 0.15) is 11.1 Å². The van der Waals surface area contributed by atoms with Crippen molar-refractivity contribution in [2.45, 2.75) is 59.5 Å². The molecule has 0 saturated carbocycles. The maximum atomic E-state index is 13.0. The van der Waals surface area contributed by atoms with Crippen molar-refractivity contribution < 1.29 is 53.2 Å². The van der Waals surface area contributed by atoms with Crippen LogP contribution >= 0.6 is 0 Å². The number of aromatic nitrogens is 4. The number of ether oxygens (including phenoxy) is 3. The summed E-state index contributed by atoms with van der Waals surface area (Å²) in [6, 6.07) is 13.9. The second-order valence-electron chi connectivity index (χ2n) is 13.0. The van der Waals surface area contributed by atoms with Crippen molar-refractivity contribution in [3.05, 3.63) is 125 Å². The van der Waals surface area contributed by atoms with E-state index in [0.717, 1.165) is 52.1 Å². The maximum absolute atomic E-state index is 13.0. The molecule has 54 heavy (non-hydrogen) atoms. The minimum absolute atomic E-state index is 0. The molecule has 2 saturated heterocycles. The Kier molecular flexibility index (Phi) is 16.2. The van der Waals surface area contributed by atoms with Gasteiger partial charge in [-0.05, 0) is 82.6 Å². The van der Waals surface area contributed by atoms with Gasteiger partial charge in [-0.1, -0.05) is 35.4 Å². The fourth-order valence-corrected chi connectivity index (χ4v) is 6.22. The van der Waals surface area contributed by atoms with Crippen molar-refractivity contribution in [2.75, 3.05) is 33.0 Å². The molecule has 4 heterocycles. The van der Waals surface area contributed by atoms with E-state index in [-0.39, 0.29) is 48.3 Å². The fraction of sp³-hybridized carbons (Fsp3) is 0.421. The molecule has 6 rings (SSSR count). The van der Waals surface area contributed by atoms with Gasteiger partial charge in [-0.2, -0.15) is 0 Å². The Hall–Kier alpha value is -4.78. The third-order valence-corrected chi connectivity index (χ3v) is 9.21. The number of aromatic carboxylic acids is 1. The predicted molar refractivity (Wildman–Crippen MR) is 194 cm³/mol. The van der Waals surface area contributed by atoms with Crippen molar-refractivity contribution in [2.24, 2.45) is 11.8 Å². The molecule has 0 aliphatic carbocycles. The molecule has 0 atom stereocenters. The monoisotopic (exact) mass is 740 g/mol. The van der Waals surface area contributed by atoms with Crippen molar-refractivity contribution in [1.82, 2.24) is 18.3 Å². The Morgan fingerprint density at radius 3 is 1.43 bits per heavy atom. The van der Waals surface area contributed by atoms with Crippen molar-refractivity contribution >= 4 is 11.9 Å². The van der Waals surface area contributed by atoms with Crippen LogP contribution in [0.4, 0.5) is 0 Å². The summed E-state index contributed by atoms with van der Waals surface area (Å²) in [4.78, 5) is 75.0. The number of esters is 1. The average Bonchev–Trinajstić information content (AvgIpc) is 3.13. The zero-order valence-corrected chi connectivity index (χ0v) is 31.1. The average molecular weight is 741 g/mol. The third kappa shape index (κ3) is 10.5. The summed E-state index contributed by atoms with van der Waals surface area (Å²) in [6.45, 7) is 9.01. The number of carboxylic acids is 1. The van der Waals surface area contributed by atoms with E-state index in [2.05, 4.69) is 0 Å². The molecule has 284 valence electrons. The van der Waals surface area contributed by atoms with Gasteiger partial charge in [0.25, 0.3) is 11.1 Å². The number of hydrogen-bond acceptors (Lipinski definition) is 10. The van der Waals surface area contributed by atoms with Gasteiger partial charge in [-0.25, -0.2) is 28.3 Å². The van der Waals surface area contributed by atoms with Gasteiger partial charge in [0, 0.05) is 51.9 Å². The van der Waals surface area contributed by atoms with E-state index in [0.29, 0.717) is 50.9 Å². The molecule has 2 aromatic heterocycles. The van der Waals surface area contributed by atoms with Gasteiger partial charge in [-0.3, -0.25) is 18.7 Å². The van der Waals surface area contributed by atoms with E-state index in [4.69, 9.17) is 14.2 Å². The summed E-state index contributed by atoms with van der Waals surface area (Å²) in [5.74, 6) is -1.58. The molecule has 2 fully saturated rings. The Labute approximate surface area is 323 Å². The summed E-state index contributed by atoms with van der Waals surface area (Å²) < 4.78 is 20.5. The number of benzene rings is 2. The molecule has 0 radical (unpaired) electrons. The molecule has 4 aromatic rings. The van der Waals surface area contributed by atoms with Gasteiger partial charge in [0.2, 0.25) is 0 Å². The summed E-state index contributed by atoms with van der Waals surface area (Å²) in [5.41, 5.74) is -0.211. The van der Waals surface area contributed by atoms with E-state index in [1.807, 2.05) is 26.0 Å². The van der Waals surface area contributed by atoms with Crippen LogP contribution in [0.3, 0.4) is 0 Å². The van der Waals surface area contributed by atoms with Crippen LogP contribution in [0.5, 0.6) is 0 Å². The van der Waals surface area contributed by atoms with Gasteiger partial charge >= 0.3 is 42.2 Å². The minimum atomic E-state index is -1.34. The SMILES string of the molecule is CCOC(=O)c1cn(CC2CCOCC2)c(=O)n(-c2ccc(C)cc2)c1=O.Cc1ccc(-n2c(=O)c(C(=O)O)cn(CC3CCOCC3)c2=O)cc1.[Li+].[OH-]. The summed E-state index contributed by atoms with van der Waals surface area (Å²) in [6.07, 6.45) is 5.78. The molecular formula is C38H45LiN4O11. The second-order valence-corrected chi connectivity index (χ2v) is 13.0. The number of rotatable bonds is 9. The zero-order chi connectivity index (χ0) is 37.4. The molecular weight excluding hydrogens is 695 g/mol. The van der Waals surface area contributed by atoms with E-state index in [1.165, 1.54) is 15.3 Å². The molecule has 0 unspecified atom stereocenters. The summed E-state index contributed by atoms with van der Waals surface area (Å²) >= 11 is 0. The van der Waals surface area contributed by atoms with Crippen LogP contribution in [-0.4, -0.2) is 73.8 Å². The Morgan fingerprint density at radius 1 is 0.685 bits per heavy atom. The van der Waals surface area contributed by atoms with E-state index >= 15 is 0 Å². The molecule has 2 N–H and O–H groups in total. The molecule has 15 nitrogen and oxygen atoms in total. The number of nitrogens with zero attached hydrogens (tertiary/aromatic N) is 4. The van der Waals surface area contributed by atoms with Crippen molar-refractivity contribution in [1.29, 1.82) is 0 Å². The topological polar surface area (TPSA) is 200 Å². The van der Waals surface area contributed by atoms with Gasteiger partial charge in [0.05, 0.1) is 18.0 Å². The Balaban J connectivity index is 0.000000281. The number of carbonyl (C=O) groups excluding carboxylic acids is 1. The minimum Gasteiger partial charge on any atom is -0.870 e. The zero-order valence-electron chi connectivity index (χ0n) is 31.1. The predicted octanol–water partition coefficient (Wildman–Crippen LogP) is 0.171. The van der Waals surface area contributed by atoms with Crippen LogP contribution in [0.2, 0.25) is 0 Å². The Morgan fingerprint density at radius 2 is 1.06 bits per heavy atom. The van der Waals surface area contributed by atoms with E-state index < -0.39 is 40.0 Å². The quantitative estimate of drug-likeness (QED) is 0.181. The maximum Gasteiger partial charge on any atom is 1.00 e. The largest absolute Gasteiger partial charge is 1.00 e. The molecule has 0 amide bonds. The van der Waals surface area contributed by atoms with Crippen LogP contribution in [0.15, 0.2) is 80.1 Å². The summed E-state index contributed by atoms with van der Waals surface area (Å²) in [7, 11) is 0. The van der Waals surface area contributed by atoms with Crippen LogP contribution in [0, 0.1) is 25.7 Å². The smallest absolute Gasteiger partial charge is 0.870 e. The molecule has 0 bridgehead atoms. The van der Waals surface area contributed by atoms with Crippen LogP contribution < -0.4 is 41.4 Å². The first-order valence-electron chi connectivity index (χ1n) is 17.4. The number of aryl methyl sites for hydroxylation is 2. The number of carbonyl (C=O) groups is 2. The fourth-order valence-electron chi connectivity index (χ4n) is 6.22. The Bertz CT molecular complexity index is 2130.